The number of hydrogen-bond acceptors (Lipinski definition) is 2. The third kappa shape index (κ3) is 3.95. The molecule has 0 amide bonds. The van der Waals surface area contributed by atoms with Gasteiger partial charge in [-0.05, 0) is 93.5 Å². The van der Waals surface area contributed by atoms with E-state index in [4.69, 9.17) is 4.42 Å². The van der Waals surface area contributed by atoms with Crippen LogP contribution in [0.15, 0.2) is 150 Å². The molecule has 9 rings (SSSR count). The quantitative estimate of drug-likeness (QED) is 0.212. The number of fused-ring (bicyclic) bond motifs is 7. The van der Waals surface area contributed by atoms with E-state index < -0.39 is 0 Å². The second-order valence-electron chi connectivity index (χ2n) is 11.7. The Bertz CT molecular complexity index is 2320. The summed E-state index contributed by atoms with van der Waals surface area (Å²) in [6, 6.07) is 50.3. The lowest BCUT2D eigenvalue weighted by Crippen LogP contribution is -2.10. The summed E-state index contributed by atoms with van der Waals surface area (Å²) < 4.78 is 6.78. The molecule has 0 fully saturated rings. The van der Waals surface area contributed by atoms with Crippen LogP contribution >= 0.6 is 0 Å². The number of benzene rings is 7. The lowest BCUT2D eigenvalue weighted by Gasteiger charge is -2.27. The van der Waals surface area contributed by atoms with Gasteiger partial charge in [-0.15, -0.1) is 0 Å². The molecule has 0 saturated carbocycles. The van der Waals surface area contributed by atoms with Crippen LogP contribution in [-0.4, -0.2) is 0 Å². The van der Waals surface area contributed by atoms with Gasteiger partial charge in [-0.25, -0.2) is 0 Å². The van der Waals surface area contributed by atoms with Crippen LogP contribution in [0, 0.1) is 0 Å². The van der Waals surface area contributed by atoms with Gasteiger partial charge in [0.1, 0.15) is 11.2 Å². The van der Waals surface area contributed by atoms with Crippen LogP contribution in [0.2, 0.25) is 0 Å². The number of allylic oxidation sites excluding steroid dienone is 1. The zero-order chi connectivity index (χ0) is 29.0. The molecular formula is C42H29NO. The normalized spacial score (nSPS) is 12.7. The molecule has 0 radical (unpaired) electrons. The first-order valence-corrected chi connectivity index (χ1v) is 15.3. The van der Waals surface area contributed by atoms with Gasteiger partial charge in [-0.3, -0.25) is 0 Å². The van der Waals surface area contributed by atoms with E-state index in [0.717, 1.165) is 51.8 Å². The van der Waals surface area contributed by atoms with Crippen LogP contribution < -0.4 is 4.90 Å². The summed E-state index contributed by atoms with van der Waals surface area (Å²) in [6.07, 6.45) is 6.56. The number of rotatable bonds is 4. The fourth-order valence-corrected chi connectivity index (χ4v) is 6.99. The lowest BCUT2D eigenvalue weighted by atomic mass is 9.87. The average molecular weight is 564 g/mol. The average Bonchev–Trinajstić information content (AvgIpc) is 3.48. The smallest absolute Gasteiger partial charge is 0.139 e. The number of aryl methyl sites for hydroxylation is 1. The highest BCUT2D eigenvalue weighted by molar-refractivity contribution is 6.16. The molecule has 1 aliphatic rings. The predicted octanol–water partition coefficient (Wildman–Crippen LogP) is 12.0. The first kappa shape index (κ1) is 24.9. The predicted molar refractivity (Wildman–Crippen MR) is 186 cm³/mol. The summed E-state index contributed by atoms with van der Waals surface area (Å²) in [6.45, 7) is 0. The van der Waals surface area contributed by atoms with Crippen molar-refractivity contribution in [1.82, 2.24) is 0 Å². The van der Waals surface area contributed by atoms with Gasteiger partial charge in [-0.2, -0.15) is 0 Å². The van der Waals surface area contributed by atoms with E-state index in [1.165, 1.54) is 43.8 Å². The zero-order valence-corrected chi connectivity index (χ0v) is 24.2. The van der Waals surface area contributed by atoms with Gasteiger partial charge < -0.3 is 9.32 Å². The minimum atomic E-state index is 0.908. The van der Waals surface area contributed by atoms with Gasteiger partial charge >= 0.3 is 0 Å². The molecule has 2 nitrogen and oxygen atoms in total. The van der Waals surface area contributed by atoms with E-state index in [-0.39, 0.29) is 0 Å². The Hall–Kier alpha value is -5.60. The molecule has 1 heterocycles. The fourth-order valence-electron chi connectivity index (χ4n) is 6.99. The maximum absolute atomic E-state index is 6.78. The summed E-state index contributed by atoms with van der Waals surface area (Å²) in [5.41, 5.74) is 10.3. The molecule has 1 aromatic heterocycles. The van der Waals surface area contributed by atoms with Gasteiger partial charge in [0.15, 0.2) is 0 Å². The third-order valence-electron chi connectivity index (χ3n) is 9.06. The monoisotopic (exact) mass is 563 g/mol. The fraction of sp³-hybridized carbons (Fsp3) is 0.0476. The second-order valence-corrected chi connectivity index (χ2v) is 11.7. The molecule has 0 unspecified atom stereocenters. The summed E-state index contributed by atoms with van der Waals surface area (Å²) in [5, 5.41) is 7.19. The third-order valence-corrected chi connectivity index (χ3v) is 9.06. The molecule has 0 atom stereocenters. The SMILES string of the molecule is C1=Cc2c(-c3ccccc3)cc3c(oc4cccc(N(c5ccc6ccccc6c5)c5ccc6ccccc6c5)c43)c2CC1. The molecule has 0 bridgehead atoms. The van der Waals surface area contributed by atoms with Crippen LogP contribution in [0.3, 0.4) is 0 Å². The van der Waals surface area contributed by atoms with Crippen molar-refractivity contribution >= 4 is 66.6 Å². The van der Waals surface area contributed by atoms with E-state index in [1.54, 1.807) is 0 Å². The van der Waals surface area contributed by atoms with Crippen molar-refractivity contribution in [2.45, 2.75) is 12.8 Å². The van der Waals surface area contributed by atoms with Crippen molar-refractivity contribution < 1.29 is 4.42 Å². The maximum Gasteiger partial charge on any atom is 0.139 e. The topological polar surface area (TPSA) is 16.4 Å². The number of nitrogens with zero attached hydrogens (tertiary/aromatic N) is 1. The molecule has 7 aromatic carbocycles. The Labute approximate surface area is 256 Å². The second kappa shape index (κ2) is 10.00. The van der Waals surface area contributed by atoms with Crippen LogP contribution in [0.1, 0.15) is 17.5 Å². The van der Waals surface area contributed by atoms with Gasteiger partial charge in [0.2, 0.25) is 0 Å². The van der Waals surface area contributed by atoms with E-state index in [9.17, 15) is 0 Å². The molecule has 8 aromatic rings. The summed E-state index contributed by atoms with van der Waals surface area (Å²) in [4.78, 5) is 2.40. The molecule has 2 heteroatoms. The lowest BCUT2D eigenvalue weighted by molar-refractivity contribution is 0.661. The minimum Gasteiger partial charge on any atom is -0.456 e. The van der Waals surface area contributed by atoms with Crippen molar-refractivity contribution in [1.29, 1.82) is 0 Å². The summed E-state index contributed by atoms with van der Waals surface area (Å²) in [5.74, 6) is 0. The van der Waals surface area contributed by atoms with Gasteiger partial charge in [0, 0.05) is 22.3 Å². The molecule has 0 N–H and O–H groups in total. The molecule has 44 heavy (non-hydrogen) atoms. The van der Waals surface area contributed by atoms with Crippen LogP contribution in [0.25, 0.3) is 60.7 Å². The molecule has 0 spiro atoms. The van der Waals surface area contributed by atoms with E-state index in [0.29, 0.717) is 0 Å². The highest BCUT2D eigenvalue weighted by Crippen LogP contribution is 2.47. The Morgan fingerprint density at radius 1 is 0.568 bits per heavy atom. The van der Waals surface area contributed by atoms with Crippen molar-refractivity contribution in [3.05, 3.63) is 157 Å². The van der Waals surface area contributed by atoms with Crippen LogP contribution in [0.5, 0.6) is 0 Å². The zero-order valence-electron chi connectivity index (χ0n) is 24.2. The first-order valence-electron chi connectivity index (χ1n) is 15.3. The van der Waals surface area contributed by atoms with Crippen molar-refractivity contribution in [3.8, 4) is 11.1 Å². The van der Waals surface area contributed by atoms with Gasteiger partial charge in [-0.1, -0.05) is 109 Å². The molecule has 1 aliphatic carbocycles. The van der Waals surface area contributed by atoms with Crippen molar-refractivity contribution in [2.24, 2.45) is 0 Å². The largest absolute Gasteiger partial charge is 0.456 e. The molecule has 0 saturated heterocycles. The molecule has 208 valence electrons. The van der Waals surface area contributed by atoms with Crippen molar-refractivity contribution in [3.63, 3.8) is 0 Å². The highest BCUT2D eigenvalue weighted by Gasteiger charge is 2.24. The Balaban J connectivity index is 1.36. The number of furan rings is 1. The summed E-state index contributed by atoms with van der Waals surface area (Å²) in [7, 11) is 0. The van der Waals surface area contributed by atoms with Gasteiger partial charge in [0.05, 0.1) is 11.1 Å². The van der Waals surface area contributed by atoms with E-state index in [2.05, 4.69) is 157 Å². The maximum atomic E-state index is 6.78. The molecule has 0 aliphatic heterocycles. The van der Waals surface area contributed by atoms with E-state index >= 15 is 0 Å². The van der Waals surface area contributed by atoms with Crippen LogP contribution in [0.4, 0.5) is 17.1 Å². The Kier molecular flexibility index (Phi) is 5.67. The van der Waals surface area contributed by atoms with Gasteiger partial charge in [0.25, 0.3) is 0 Å². The van der Waals surface area contributed by atoms with E-state index in [1.807, 2.05) is 0 Å². The number of anilines is 3. The first-order chi connectivity index (χ1) is 21.8. The Morgan fingerprint density at radius 2 is 1.23 bits per heavy atom. The van der Waals surface area contributed by atoms with Crippen molar-refractivity contribution in [2.75, 3.05) is 4.90 Å². The minimum absolute atomic E-state index is 0.908. The standard InChI is InChI=1S/C42H29NO/c1-2-13-30(14-3-1)37-27-38-41-39(19-10-20-40(41)44-42(38)36-18-9-8-17-35(36)37)43(33-23-21-28-11-4-6-15-31(28)25-33)34-24-22-29-12-5-7-16-32(29)26-34/h1-8,10-17,19-27H,9,18H2. The Morgan fingerprint density at radius 3 is 1.93 bits per heavy atom. The molecular weight excluding hydrogens is 534 g/mol. The highest BCUT2D eigenvalue weighted by atomic mass is 16.3. The number of hydrogen-bond donors (Lipinski definition) is 0. The van der Waals surface area contributed by atoms with Crippen LogP contribution in [-0.2, 0) is 6.42 Å². The summed E-state index contributed by atoms with van der Waals surface area (Å²) >= 11 is 0.